The molecule has 1 heterocycles. The summed E-state index contributed by atoms with van der Waals surface area (Å²) in [7, 11) is 0. The van der Waals surface area contributed by atoms with Gasteiger partial charge in [0.25, 0.3) is 0 Å². The molecule has 5 heteroatoms. The van der Waals surface area contributed by atoms with Crippen LogP contribution in [-0.2, 0) is 4.79 Å². The van der Waals surface area contributed by atoms with Crippen LogP contribution in [0.4, 0.5) is 5.69 Å². The van der Waals surface area contributed by atoms with Crippen LogP contribution in [0.25, 0.3) is 0 Å². The van der Waals surface area contributed by atoms with Gasteiger partial charge in [-0.15, -0.1) is 0 Å². The number of hydrogen-bond acceptors (Lipinski definition) is 3. The molecule has 1 saturated carbocycles. The Kier molecular flexibility index (Phi) is 7.13. The number of para-hydroxylation sites is 1. The summed E-state index contributed by atoms with van der Waals surface area (Å²) in [6.45, 7) is 2.09. The summed E-state index contributed by atoms with van der Waals surface area (Å²) >= 11 is 0. The van der Waals surface area contributed by atoms with E-state index in [0.29, 0.717) is 5.92 Å². The third-order valence-electron chi connectivity index (χ3n) is 7.33. The quantitative estimate of drug-likeness (QED) is 0.619. The molecule has 2 fully saturated rings. The van der Waals surface area contributed by atoms with Gasteiger partial charge in [-0.3, -0.25) is 4.79 Å². The lowest BCUT2D eigenvalue weighted by atomic mass is 9.68. The van der Waals surface area contributed by atoms with E-state index in [0.717, 1.165) is 31.5 Å². The van der Waals surface area contributed by atoms with Gasteiger partial charge >= 0.3 is 5.97 Å². The number of carboxylic acid groups (broad SMARTS) is 1. The van der Waals surface area contributed by atoms with E-state index in [1.807, 2.05) is 0 Å². The molecule has 1 amide bonds. The van der Waals surface area contributed by atoms with Crippen molar-refractivity contribution >= 4 is 17.6 Å². The van der Waals surface area contributed by atoms with Gasteiger partial charge in [0.05, 0.1) is 11.5 Å². The minimum absolute atomic E-state index is 0.0124. The topological polar surface area (TPSA) is 83.6 Å². The van der Waals surface area contributed by atoms with E-state index in [9.17, 15) is 14.7 Å². The second-order valence-corrected chi connectivity index (χ2v) is 9.34. The zero-order valence-electron chi connectivity index (χ0n) is 18.7. The SMILES string of the molecule is NC(=O)C(c1ccc(C(=O)O)cc1)C(c1ccccc1N1CCCCC1)C1CCCCC1. The van der Waals surface area contributed by atoms with Crippen molar-refractivity contribution in [1.29, 1.82) is 0 Å². The van der Waals surface area contributed by atoms with E-state index in [2.05, 4.69) is 29.2 Å². The van der Waals surface area contributed by atoms with Crippen molar-refractivity contribution < 1.29 is 14.7 Å². The lowest BCUT2D eigenvalue weighted by Gasteiger charge is -2.39. The number of amides is 1. The molecule has 2 unspecified atom stereocenters. The molecule has 0 spiro atoms. The van der Waals surface area contributed by atoms with E-state index in [-0.39, 0.29) is 17.4 Å². The fourth-order valence-corrected chi connectivity index (χ4v) is 5.77. The first-order valence-electron chi connectivity index (χ1n) is 12.0. The molecule has 1 aliphatic carbocycles. The maximum absolute atomic E-state index is 13.0. The molecule has 2 atom stereocenters. The monoisotopic (exact) mass is 434 g/mol. The van der Waals surface area contributed by atoms with Gasteiger partial charge in [-0.25, -0.2) is 4.79 Å². The van der Waals surface area contributed by atoms with Crippen molar-refractivity contribution in [2.24, 2.45) is 11.7 Å². The molecule has 0 aromatic heterocycles. The van der Waals surface area contributed by atoms with Gasteiger partial charge < -0.3 is 15.7 Å². The van der Waals surface area contributed by atoms with Crippen molar-refractivity contribution in [3.63, 3.8) is 0 Å². The second-order valence-electron chi connectivity index (χ2n) is 9.34. The predicted octanol–water partition coefficient (Wildman–Crippen LogP) is 5.31. The standard InChI is InChI=1S/C27H34N2O3/c28-26(30)25(20-13-15-21(16-14-20)27(31)32)24(19-9-3-1-4-10-19)22-11-5-6-12-23(22)29-17-7-2-8-18-29/h5-6,11-16,19,24-25H,1-4,7-10,17-18H2,(H2,28,30)(H,31,32). The largest absolute Gasteiger partial charge is 0.478 e. The highest BCUT2D eigenvalue weighted by Crippen LogP contribution is 2.47. The van der Waals surface area contributed by atoms with Crippen LogP contribution < -0.4 is 10.6 Å². The Labute approximate surface area is 190 Å². The number of benzene rings is 2. The maximum Gasteiger partial charge on any atom is 0.335 e. The minimum Gasteiger partial charge on any atom is -0.478 e. The highest BCUT2D eigenvalue weighted by atomic mass is 16.4. The summed E-state index contributed by atoms with van der Waals surface area (Å²) < 4.78 is 0. The molecule has 0 bridgehead atoms. The fraction of sp³-hybridized carbons (Fsp3) is 0.481. The van der Waals surface area contributed by atoms with E-state index in [1.54, 1.807) is 24.3 Å². The first-order chi connectivity index (χ1) is 15.6. The molecule has 32 heavy (non-hydrogen) atoms. The van der Waals surface area contributed by atoms with E-state index < -0.39 is 11.9 Å². The van der Waals surface area contributed by atoms with Crippen molar-refractivity contribution in [3.05, 3.63) is 65.2 Å². The Hall–Kier alpha value is -2.82. The number of nitrogens with two attached hydrogens (primary N) is 1. The summed E-state index contributed by atoms with van der Waals surface area (Å²) in [4.78, 5) is 26.8. The van der Waals surface area contributed by atoms with Gasteiger partial charge in [0.1, 0.15) is 0 Å². The molecule has 0 radical (unpaired) electrons. The zero-order chi connectivity index (χ0) is 22.5. The molecule has 1 saturated heterocycles. The normalized spacial score (nSPS) is 19.3. The van der Waals surface area contributed by atoms with E-state index in [4.69, 9.17) is 5.73 Å². The van der Waals surface area contributed by atoms with Crippen LogP contribution in [0.15, 0.2) is 48.5 Å². The summed E-state index contributed by atoms with van der Waals surface area (Å²) in [6.07, 6.45) is 9.44. The number of anilines is 1. The summed E-state index contributed by atoms with van der Waals surface area (Å²) in [6, 6.07) is 15.3. The molecule has 3 N–H and O–H groups in total. The highest BCUT2D eigenvalue weighted by Gasteiger charge is 2.38. The van der Waals surface area contributed by atoms with Gasteiger partial charge in [-0.2, -0.15) is 0 Å². The summed E-state index contributed by atoms with van der Waals surface area (Å²) in [5.41, 5.74) is 9.55. The first-order valence-corrected chi connectivity index (χ1v) is 12.0. The van der Waals surface area contributed by atoms with Gasteiger partial charge in [-0.1, -0.05) is 49.6 Å². The van der Waals surface area contributed by atoms with Crippen molar-refractivity contribution in [3.8, 4) is 0 Å². The van der Waals surface area contributed by atoms with Crippen molar-refractivity contribution in [1.82, 2.24) is 0 Å². The predicted molar refractivity (Wildman–Crippen MR) is 127 cm³/mol. The average Bonchev–Trinajstić information content (AvgIpc) is 2.83. The number of hydrogen-bond donors (Lipinski definition) is 2. The van der Waals surface area contributed by atoms with Gasteiger partial charge in [0.2, 0.25) is 5.91 Å². The molecular weight excluding hydrogens is 400 g/mol. The van der Waals surface area contributed by atoms with Crippen LogP contribution in [0.3, 0.4) is 0 Å². The summed E-state index contributed by atoms with van der Waals surface area (Å²) in [5, 5.41) is 9.30. The Morgan fingerprint density at radius 2 is 1.50 bits per heavy atom. The molecule has 2 aliphatic rings. The molecule has 170 valence electrons. The summed E-state index contributed by atoms with van der Waals surface area (Å²) in [5.74, 6) is -1.41. The molecule has 4 rings (SSSR count). The smallest absolute Gasteiger partial charge is 0.335 e. The average molecular weight is 435 g/mol. The maximum atomic E-state index is 13.0. The van der Waals surface area contributed by atoms with E-state index >= 15 is 0 Å². The lowest BCUT2D eigenvalue weighted by Crippen LogP contribution is -2.35. The van der Waals surface area contributed by atoms with Crippen LogP contribution in [0.2, 0.25) is 0 Å². The minimum atomic E-state index is -0.966. The number of rotatable bonds is 7. The van der Waals surface area contributed by atoms with Gasteiger partial charge in [0, 0.05) is 24.7 Å². The molecule has 2 aromatic rings. The highest BCUT2D eigenvalue weighted by molar-refractivity contribution is 5.88. The number of carboxylic acids is 1. The molecule has 5 nitrogen and oxygen atoms in total. The number of aromatic carboxylic acids is 1. The van der Waals surface area contributed by atoms with Crippen LogP contribution in [-0.4, -0.2) is 30.1 Å². The van der Waals surface area contributed by atoms with Crippen LogP contribution in [0.5, 0.6) is 0 Å². The Morgan fingerprint density at radius 1 is 0.875 bits per heavy atom. The van der Waals surface area contributed by atoms with E-state index in [1.165, 1.54) is 49.8 Å². The number of carbonyl (C=O) groups is 2. The van der Waals surface area contributed by atoms with Crippen LogP contribution in [0.1, 0.15) is 84.7 Å². The third kappa shape index (κ3) is 4.82. The first kappa shape index (κ1) is 22.4. The van der Waals surface area contributed by atoms with Crippen molar-refractivity contribution in [2.45, 2.75) is 63.2 Å². The van der Waals surface area contributed by atoms with Gasteiger partial charge in [-0.05, 0) is 67.3 Å². The Morgan fingerprint density at radius 3 is 2.12 bits per heavy atom. The molecule has 2 aromatic carbocycles. The molecule has 1 aliphatic heterocycles. The van der Waals surface area contributed by atoms with Crippen molar-refractivity contribution in [2.75, 3.05) is 18.0 Å². The number of primary amides is 1. The number of nitrogens with zero attached hydrogens (tertiary/aromatic N) is 1. The van der Waals surface area contributed by atoms with Crippen LogP contribution >= 0.6 is 0 Å². The Balaban J connectivity index is 1.79. The second kappa shape index (κ2) is 10.2. The number of piperidine rings is 1. The molecular formula is C27H34N2O3. The van der Waals surface area contributed by atoms with Crippen LogP contribution in [0, 0.1) is 5.92 Å². The third-order valence-corrected chi connectivity index (χ3v) is 7.33. The van der Waals surface area contributed by atoms with Gasteiger partial charge in [0.15, 0.2) is 0 Å². The number of carbonyl (C=O) groups excluding carboxylic acids is 1. The zero-order valence-corrected chi connectivity index (χ0v) is 18.7. The fourth-order valence-electron chi connectivity index (χ4n) is 5.77. The lowest BCUT2D eigenvalue weighted by molar-refractivity contribution is -0.120. The Bertz CT molecular complexity index is 928.